The molecule has 3 rings (SSSR count). The monoisotopic (exact) mass is 356 g/mol. The molecule has 8 nitrogen and oxygen atoms in total. The number of anilines is 1. The predicted molar refractivity (Wildman–Crippen MR) is 98.1 cm³/mol. The van der Waals surface area contributed by atoms with E-state index in [-0.39, 0.29) is 23.9 Å². The van der Waals surface area contributed by atoms with Crippen LogP contribution in [0.2, 0.25) is 0 Å². The molecule has 3 heterocycles. The first-order chi connectivity index (χ1) is 12.6. The van der Waals surface area contributed by atoms with Crippen molar-refractivity contribution >= 4 is 11.9 Å². The van der Waals surface area contributed by atoms with Crippen molar-refractivity contribution in [1.82, 2.24) is 25.3 Å². The van der Waals surface area contributed by atoms with Crippen LogP contribution in [0.1, 0.15) is 36.8 Å². The first-order valence-corrected chi connectivity index (χ1v) is 8.96. The Morgan fingerprint density at radius 3 is 2.85 bits per heavy atom. The van der Waals surface area contributed by atoms with Gasteiger partial charge in [0, 0.05) is 49.2 Å². The van der Waals surface area contributed by atoms with Crippen molar-refractivity contribution in [3.8, 4) is 0 Å². The van der Waals surface area contributed by atoms with Gasteiger partial charge in [0.2, 0.25) is 11.9 Å². The fourth-order valence-electron chi connectivity index (χ4n) is 3.21. The Bertz CT molecular complexity index is 820. The average molecular weight is 356 g/mol. The van der Waals surface area contributed by atoms with E-state index in [1.807, 2.05) is 6.92 Å². The molecule has 0 aliphatic carbocycles. The number of amides is 1. The van der Waals surface area contributed by atoms with Crippen LogP contribution in [0.25, 0.3) is 0 Å². The van der Waals surface area contributed by atoms with Gasteiger partial charge in [-0.25, -0.2) is 15.0 Å². The largest absolute Gasteiger partial charge is 0.351 e. The van der Waals surface area contributed by atoms with Gasteiger partial charge in [-0.3, -0.25) is 9.59 Å². The number of nitrogens with zero attached hydrogens (tertiary/aromatic N) is 4. The van der Waals surface area contributed by atoms with E-state index in [0.29, 0.717) is 36.0 Å². The van der Waals surface area contributed by atoms with Gasteiger partial charge in [0.05, 0.1) is 6.42 Å². The molecule has 0 saturated carbocycles. The minimum absolute atomic E-state index is 0.0160. The number of aromatic nitrogens is 4. The van der Waals surface area contributed by atoms with Crippen LogP contribution in [0.15, 0.2) is 23.3 Å². The van der Waals surface area contributed by atoms with Crippen molar-refractivity contribution in [3.05, 3.63) is 45.9 Å². The average Bonchev–Trinajstić information content (AvgIpc) is 2.65. The van der Waals surface area contributed by atoms with Gasteiger partial charge in [0.25, 0.3) is 5.56 Å². The van der Waals surface area contributed by atoms with Crippen LogP contribution in [0, 0.1) is 6.92 Å². The van der Waals surface area contributed by atoms with Gasteiger partial charge >= 0.3 is 0 Å². The van der Waals surface area contributed by atoms with Crippen molar-refractivity contribution < 1.29 is 4.79 Å². The Labute approximate surface area is 152 Å². The van der Waals surface area contributed by atoms with Crippen molar-refractivity contribution in [1.29, 1.82) is 0 Å². The fourth-order valence-corrected chi connectivity index (χ4v) is 3.21. The summed E-state index contributed by atoms with van der Waals surface area (Å²) in [6.07, 6.45) is 5.98. The Balaban J connectivity index is 1.62. The molecule has 1 amide bonds. The molecule has 2 aromatic heterocycles. The topological polar surface area (TPSA) is 104 Å². The zero-order valence-electron chi connectivity index (χ0n) is 15.2. The van der Waals surface area contributed by atoms with Gasteiger partial charge in [0.15, 0.2) is 0 Å². The van der Waals surface area contributed by atoms with Gasteiger partial charge in [-0.2, -0.15) is 0 Å². The zero-order valence-corrected chi connectivity index (χ0v) is 15.2. The molecule has 0 bridgehead atoms. The van der Waals surface area contributed by atoms with E-state index in [1.54, 1.807) is 25.4 Å². The summed E-state index contributed by atoms with van der Waals surface area (Å²) in [7, 11) is 0. The van der Waals surface area contributed by atoms with Crippen LogP contribution in [0.3, 0.4) is 0 Å². The molecule has 1 fully saturated rings. The molecular formula is C18H24N6O2. The summed E-state index contributed by atoms with van der Waals surface area (Å²) in [5, 5.41) is 3.03. The molecule has 0 spiro atoms. The second-order valence-electron chi connectivity index (χ2n) is 6.51. The molecule has 0 aromatic carbocycles. The fraction of sp³-hybridized carbons (Fsp3) is 0.500. The highest BCUT2D eigenvalue weighted by molar-refractivity contribution is 5.79. The standard InChI is InChI=1S/C18H24N6O2/c1-3-15-21-12(2)14(17(26)23-15)10-16(25)22-13-6-4-9-24(11-13)18-19-7-5-8-20-18/h5,7-8,13H,3-4,6,9-11H2,1-2H3,(H,22,25)(H,21,23,26)/t13-/m0/s1. The minimum Gasteiger partial charge on any atom is -0.351 e. The maximum atomic E-state index is 12.4. The predicted octanol–water partition coefficient (Wildman–Crippen LogP) is 0.758. The Hall–Kier alpha value is -2.77. The van der Waals surface area contributed by atoms with Crippen LogP contribution < -0.4 is 15.8 Å². The lowest BCUT2D eigenvalue weighted by Crippen LogP contribution is -2.49. The molecule has 1 atom stereocenters. The summed E-state index contributed by atoms with van der Waals surface area (Å²) in [6.45, 7) is 5.23. The highest BCUT2D eigenvalue weighted by atomic mass is 16.2. The lowest BCUT2D eigenvalue weighted by Gasteiger charge is -2.33. The summed E-state index contributed by atoms with van der Waals surface area (Å²) in [5.41, 5.74) is 0.815. The highest BCUT2D eigenvalue weighted by Crippen LogP contribution is 2.15. The van der Waals surface area contributed by atoms with E-state index >= 15 is 0 Å². The molecule has 1 saturated heterocycles. The molecule has 8 heteroatoms. The summed E-state index contributed by atoms with van der Waals surface area (Å²) in [4.78, 5) is 42.3. The van der Waals surface area contributed by atoms with E-state index < -0.39 is 0 Å². The molecular weight excluding hydrogens is 332 g/mol. The number of hydrogen-bond donors (Lipinski definition) is 2. The van der Waals surface area contributed by atoms with Crippen LogP contribution in [0.5, 0.6) is 0 Å². The summed E-state index contributed by atoms with van der Waals surface area (Å²) >= 11 is 0. The van der Waals surface area contributed by atoms with Crippen LogP contribution in [-0.4, -0.2) is 45.0 Å². The highest BCUT2D eigenvalue weighted by Gasteiger charge is 2.23. The number of hydrogen-bond acceptors (Lipinski definition) is 6. The maximum absolute atomic E-state index is 12.4. The first kappa shape index (κ1) is 18.0. The third-order valence-electron chi connectivity index (χ3n) is 4.57. The SMILES string of the molecule is CCc1nc(C)c(CC(=O)N[C@H]2CCCN(c3ncccn3)C2)c(=O)[nH]1. The van der Waals surface area contributed by atoms with Crippen molar-refractivity contribution in [3.63, 3.8) is 0 Å². The van der Waals surface area contributed by atoms with Gasteiger partial charge in [-0.1, -0.05) is 6.92 Å². The quantitative estimate of drug-likeness (QED) is 0.820. The Morgan fingerprint density at radius 2 is 2.15 bits per heavy atom. The molecule has 1 aliphatic rings. The third kappa shape index (κ3) is 4.25. The molecule has 0 radical (unpaired) electrons. The Morgan fingerprint density at radius 1 is 1.38 bits per heavy atom. The molecule has 0 unspecified atom stereocenters. The van der Waals surface area contributed by atoms with E-state index in [0.717, 1.165) is 19.4 Å². The molecule has 138 valence electrons. The van der Waals surface area contributed by atoms with E-state index in [2.05, 4.69) is 30.2 Å². The lowest BCUT2D eigenvalue weighted by atomic mass is 10.1. The van der Waals surface area contributed by atoms with Crippen molar-refractivity contribution in [2.75, 3.05) is 18.0 Å². The van der Waals surface area contributed by atoms with Gasteiger partial charge in [-0.15, -0.1) is 0 Å². The summed E-state index contributed by atoms with van der Waals surface area (Å²) in [5.74, 6) is 1.16. The van der Waals surface area contributed by atoms with Gasteiger partial charge < -0.3 is 15.2 Å². The second-order valence-corrected chi connectivity index (χ2v) is 6.51. The number of nitrogens with one attached hydrogen (secondary N) is 2. The lowest BCUT2D eigenvalue weighted by molar-refractivity contribution is -0.121. The van der Waals surface area contributed by atoms with E-state index in [1.165, 1.54) is 0 Å². The van der Waals surface area contributed by atoms with Gasteiger partial charge in [0.1, 0.15) is 5.82 Å². The first-order valence-electron chi connectivity index (χ1n) is 8.96. The number of carbonyl (C=O) groups excluding carboxylic acids is 1. The minimum atomic E-state index is -0.229. The van der Waals surface area contributed by atoms with E-state index in [4.69, 9.17) is 0 Å². The molecule has 2 aromatic rings. The molecule has 1 aliphatic heterocycles. The summed E-state index contributed by atoms with van der Waals surface area (Å²) in [6, 6.07) is 1.80. The third-order valence-corrected chi connectivity index (χ3v) is 4.57. The van der Waals surface area contributed by atoms with Crippen molar-refractivity contribution in [2.24, 2.45) is 0 Å². The number of aromatic amines is 1. The van der Waals surface area contributed by atoms with Gasteiger partial charge in [-0.05, 0) is 25.8 Å². The number of piperidine rings is 1. The zero-order chi connectivity index (χ0) is 18.5. The number of aryl methyl sites for hydroxylation is 2. The second kappa shape index (κ2) is 8.07. The number of carbonyl (C=O) groups is 1. The van der Waals surface area contributed by atoms with Crippen LogP contribution in [0.4, 0.5) is 5.95 Å². The molecule has 26 heavy (non-hydrogen) atoms. The number of rotatable bonds is 5. The van der Waals surface area contributed by atoms with E-state index in [9.17, 15) is 9.59 Å². The Kier molecular flexibility index (Phi) is 5.60. The van der Waals surface area contributed by atoms with Crippen LogP contribution in [-0.2, 0) is 17.6 Å². The van der Waals surface area contributed by atoms with Crippen LogP contribution >= 0.6 is 0 Å². The normalized spacial score (nSPS) is 17.2. The molecule has 2 N–H and O–H groups in total. The van der Waals surface area contributed by atoms with Crippen molar-refractivity contribution in [2.45, 2.75) is 45.6 Å². The summed E-state index contributed by atoms with van der Waals surface area (Å²) < 4.78 is 0. The smallest absolute Gasteiger partial charge is 0.254 e. The number of H-pyrrole nitrogens is 1. The maximum Gasteiger partial charge on any atom is 0.254 e.